The molecule has 5 heteroatoms. The molecule has 2 N–H and O–H groups in total. The number of nitrogens with two attached hydrogens (primary N) is 1. The largest absolute Gasteiger partial charge is 0.376 e. The fraction of sp³-hybridized carbons (Fsp3) is 0.667. The maximum Gasteiger partial charge on any atom is 0.150 e. The number of aryl methyl sites for hydroxylation is 1. The Bertz CT molecular complexity index is 265. The Morgan fingerprint density at radius 1 is 1.71 bits per heavy atom. The monoisotopic (exact) mass is 232 g/mol. The Hall–Kier alpha value is -0.100. The van der Waals surface area contributed by atoms with E-state index in [1.165, 1.54) is 0 Å². The topological polar surface area (TPSA) is 48.1 Å². The Morgan fingerprint density at radius 2 is 2.50 bits per heavy atom. The van der Waals surface area contributed by atoms with Gasteiger partial charge in [0.05, 0.1) is 6.10 Å². The molecule has 0 aliphatic rings. The molecule has 0 bridgehead atoms. The van der Waals surface area contributed by atoms with Crippen LogP contribution < -0.4 is 5.73 Å². The predicted octanol–water partition coefficient (Wildman–Crippen LogP) is 1.91. The lowest BCUT2D eigenvalue weighted by Crippen LogP contribution is -2.26. The Balaban J connectivity index is 2.31. The smallest absolute Gasteiger partial charge is 0.150 e. The fourth-order valence-electron chi connectivity index (χ4n) is 0.983. The predicted molar refractivity (Wildman–Crippen MR) is 62.0 cm³/mol. The first kappa shape index (κ1) is 12.0. The van der Waals surface area contributed by atoms with Gasteiger partial charge in [0.2, 0.25) is 0 Å². The Kier molecular flexibility index (Phi) is 5.47. The van der Waals surface area contributed by atoms with Gasteiger partial charge in [-0.15, -0.1) is 11.3 Å². The molecule has 0 fully saturated rings. The molecule has 0 amide bonds. The first-order valence-electron chi connectivity index (χ1n) is 4.62. The van der Waals surface area contributed by atoms with Crippen molar-refractivity contribution in [3.63, 3.8) is 0 Å². The third kappa shape index (κ3) is 3.96. The van der Waals surface area contributed by atoms with Gasteiger partial charge in [-0.3, -0.25) is 0 Å². The van der Waals surface area contributed by atoms with Crippen molar-refractivity contribution in [1.29, 1.82) is 0 Å². The van der Waals surface area contributed by atoms with E-state index in [2.05, 4.69) is 10.4 Å². The summed E-state index contributed by atoms with van der Waals surface area (Å²) in [5.74, 6) is 0.886. The highest BCUT2D eigenvalue weighted by Crippen LogP contribution is 2.23. The zero-order valence-electron chi connectivity index (χ0n) is 8.53. The molecule has 1 atom stereocenters. The number of nitrogens with zero attached hydrogens (tertiary/aromatic N) is 1. The molecule has 0 saturated heterocycles. The number of ether oxygens (including phenoxy) is 1. The molecule has 0 aliphatic heterocycles. The quantitative estimate of drug-likeness (QED) is 0.761. The van der Waals surface area contributed by atoms with E-state index in [-0.39, 0.29) is 6.10 Å². The van der Waals surface area contributed by atoms with Gasteiger partial charge in [0, 0.05) is 30.0 Å². The van der Waals surface area contributed by atoms with Gasteiger partial charge in [-0.25, -0.2) is 4.98 Å². The zero-order valence-corrected chi connectivity index (χ0v) is 10.2. The highest BCUT2D eigenvalue weighted by Gasteiger charge is 2.08. The van der Waals surface area contributed by atoms with E-state index in [0.717, 1.165) is 22.4 Å². The van der Waals surface area contributed by atoms with Crippen LogP contribution in [0.25, 0.3) is 0 Å². The van der Waals surface area contributed by atoms with Crippen LogP contribution >= 0.6 is 23.1 Å². The van der Waals surface area contributed by atoms with Crippen LogP contribution in [0.2, 0.25) is 0 Å². The average molecular weight is 232 g/mol. The average Bonchev–Trinajstić information content (AvgIpc) is 2.59. The van der Waals surface area contributed by atoms with E-state index < -0.39 is 0 Å². The molecular formula is C9H16N2OS2. The molecule has 1 aromatic heterocycles. The van der Waals surface area contributed by atoms with Crippen molar-refractivity contribution in [1.82, 2.24) is 4.98 Å². The first-order valence-corrected chi connectivity index (χ1v) is 6.49. The minimum absolute atomic E-state index is 0.147. The second-order valence-corrected chi connectivity index (χ2v) is 5.00. The number of hydrogen-bond acceptors (Lipinski definition) is 5. The standard InChI is InChI=1S/C9H16N2OS2/c1-3-12-8(4-10)6-14-9-11-7(2)5-13-9/h5,8H,3-4,6,10H2,1-2H3. The van der Waals surface area contributed by atoms with Crippen molar-refractivity contribution in [2.24, 2.45) is 5.73 Å². The summed E-state index contributed by atoms with van der Waals surface area (Å²) in [6.45, 7) is 5.29. The highest BCUT2D eigenvalue weighted by atomic mass is 32.2. The summed E-state index contributed by atoms with van der Waals surface area (Å²) in [7, 11) is 0. The Morgan fingerprint density at radius 3 is 3.00 bits per heavy atom. The summed E-state index contributed by atoms with van der Waals surface area (Å²) in [6.07, 6.45) is 0.147. The van der Waals surface area contributed by atoms with Crippen LogP contribution in [0.3, 0.4) is 0 Å². The van der Waals surface area contributed by atoms with E-state index >= 15 is 0 Å². The van der Waals surface area contributed by atoms with Crippen LogP contribution in [-0.2, 0) is 4.74 Å². The fourth-order valence-corrected chi connectivity index (χ4v) is 2.89. The van der Waals surface area contributed by atoms with Gasteiger partial charge in [-0.05, 0) is 13.8 Å². The van der Waals surface area contributed by atoms with Crippen molar-refractivity contribution in [2.45, 2.75) is 24.3 Å². The van der Waals surface area contributed by atoms with E-state index in [9.17, 15) is 0 Å². The third-order valence-corrected chi connectivity index (χ3v) is 3.93. The van der Waals surface area contributed by atoms with E-state index in [1.807, 2.05) is 13.8 Å². The van der Waals surface area contributed by atoms with Gasteiger partial charge in [0.1, 0.15) is 4.34 Å². The number of aromatic nitrogens is 1. The van der Waals surface area contributed by atoms with Crippen LogP contribution in [-0.4, -0.2) is 30.0 Å². The number of thioether (sulfide) groups is 1. The maximum absolute atomic E-state index is 5.57. The molecule has 14 heavy (non-hydrogen) atoms. The lowest BCUT2D eigenvalue weighted by molar-refractivity contribution is 0.0858. The molecule has 0 saturated carbocycles. The number of thiazole rings is 1. The van der Waals surface area contributed by atoms with Gasteiger partial charge < -0.3 is 10.5 Å². The van der Waals surface area contributed by atoms with E-state index in [1.54, 1.807) is 23.1 Å². The minimum atomic E-state index is 0.147. The van der Waals surface area contributed by atoms with Gasteiger partial charge in [-0.2, -0.15) is 0 Å². The second-order valence-electron chi connectivity index (χ2n) is 2.88. The first-order chi connectivity index (χ1) is 6.76. The number of hydrogen-bond donors (Lipinski definition) is 1. The SMILES string of the molecule is CCOC(CN)CSc1nc(C)cs1. The molecule has 0 aliphatic carbocycles. The van der Waals surface area contributed by atoms with Crippen molar-refractivity contribution < 1.29 is 4.74 Å². The summed E-state index contributed by atoms with van der Waals surface area (Å²) in [4.78, 5) is 4.36. The Labute approximate surface area is 93.1 Å². The maximum atomic E-state index is 5.57. The molecule has 1 unspecified atom stereocenters. The lowest BCUT2D eigenvalue weighted by Gasteiger charge is -2.12. The molecule has 0 radical (unpaired) electrons. The molecule has 1 rings (SSSR count). The minimum Gasteiger partial charge on any atom is -0.376 e. The van der Waals surface area contributed by atoms with Crippen LogP contribution in [0.1, 0.15) is 12.6 Å². The van der Waals surface area contributed by atoms with Crippen molar-refractivity contribution in [3.05, 3.63) is 11.1 Å². The molecule has 1 heterocycles. The van der Waals surface area contributed by atoms with Gasteiger partial charge >= 0.3 is 0 Å². The van der Waals surface area contributed by atoms with Crippen molar-refractivity contribution >= 4 is 23.1 Å². The summed E-state index contributed by atoms with van der Waals surface area (Å²) in [6, 6.07) is 0. The van der Waals surface area contributed by atoms with Crippen molar-refractivity contribution in [3.8, 4) is 0 Å². The zero-order chi connectivity index (χ0) is 10.4. The molecular weight excluding hydrogens is 216 g/mol. The van der Waals surface area contributed by atoms with Crippen LogP contribution in [0, 0.1) is 6.92 Å². The van der Waals surface area contributed by atoms with E-state index in [0.29, 0.717) is 6.54 Å². The summed E-state index contributed by atoms with van der Waals surface area (Å²) >= 11 is 3.39. The highest BCUT2D eigenvalue weighted by molar-refractivity contribution is 8.01. The lowest BCUT2D eigenvalue weighted by atomic mass is 10.4. The molecule has 0 spiro atoms. The third-order valence-electron chi connectivity index (χ3n) is 1.66. The summed E-state index contributed by atoms with van der Waals surface area (Å²) in [5, 5.41) is 2.06. The molecule has 1 aromatic rings. The van der Waals surface area contributed by atoms with Crippen LogP contribution in [0.4, 0.5) is 0 Å². The van der Waals surface area contributed by atoms with E-state index in [4.69, 9.17) is 10.5 Å². The molecule has 80 valence electrons. The van der Waals surface area contributed by atoms with Crippen molar-refractivity contribution in [2.75, 3.05) is 18.9 Å². The van der Waals surface area contributed by atoms with Crippen LogP contribution in [0.15, 0.2) is 9.72 Å². The van der Waals surface area contributed by atoms with Gasteiger partial charge in [0.25, 0.3) is 0 Å². The summed E-state index contributed by atoms with van der Waals surface area (Å²) in [5.41, 5.74) is 6.65. The van der Waals surface area contributed by atoms with Gasteiger partial charge in [-0.1, -0.05) is 11.8 Å². The summed E-state index contributed by atoms with van der Waals surface area (Å²) < 4.78 is 6.55. The normalized spacial score (nSPS) is 13.1. The second kappa shape index (κ2) is 6.40. The molecule has 0 aromatic carbocycles. The van der Waals surface area contributed by atoms with Gasteiger partial charge in [0.15, 0.2) is 0 Å². The molecule has 3 nitrogen and oxygen atoms in total. The van der Waals surface area contributed by atoms with Crippen LogP contribution in [0.5, 0.6) is 0 Å². The number of rotatable bonds is 6.